The lowest BCUT2D eigenvalue weighted by Gasteiger charge is -2.25. The lowest BCUT2D eigenvalue weighted by molar-refractivity contribution is -0.364. The van der Waals surface area contributed by atoms with Gasteiger partial charge in [0, 0.05) is 23.8 Å². The molecule has 5 rings (SSSR count). The number of rotatable bonds is 5. The minimum Gasteiger partial charge on any atom is -0.507 e. The Morgan fingerprint density at radius 2 is 1.78 bits per heavy atom. The Morgan fingerprint density at radius 1 is 1.06 bits per heavy atom. The fourth-order valence-electron chi connectivity index (χ4n) is 4.60. The number of benzene rings is 2. The molecule has 1 atom stereocenters. The standard InChI is InChI=1S/C24H21N3O5/c1-31-12-11-27-22-19(23(29)26-24(27)30)17(15-9-5-6-10-16(15)32-2)18-20(25-22)13-7-3-4-8-14(13)21(18)28/h3-10,17,28H,11-12H2,1-2H3,(H,26,29,30)/p+1. The number of methoxy groups -OCH3 is 2. The van der Waals surface area contributed by atoms with Gasteiger partial charge in [-0.15, -0.1) is 0 Å². The number of aromatic amines is 1. The van der Waals surface area contributed by atoms with Gasteiger partial charge in [0.1, 0.15) is 29.3 Å². The van der Waals surface area contributed by atoms with E-state index in [9.17, 15) is 14.7 Å². The SMILES string of the molecule is COCCn1c2c(c(=O)[nH]c1=O)C(c1ccccc1OC)C1=C(O)c3ccccc3C1=[NH+]2. The second-order valence-corrected chi connectivity index (χ2v) is 7.65. The molecule has 0 amide bonds. The fourth-order valence-corrected chi connectivity index (χ4v) is 4.60. The zero-order chi connectivity index (χ0) is 22.4. The van der Waals surface area contributed by atoms with Crippen LogP contribution in [0.25, 0.3) is 5.76 Å². The van der Waals surface area contributed by atoms with Crippen molar-refractivity contribution >= 4 is 17.3 Å². The summed E-state index contributed by atoms with van der Waals surface area (Å²) in [7, 11) is 3.11. The first kappa shape index (κ1) is 20.0. The van der Waals surface area contributed by atoms with Crippen LogP contribution in [0.5, 0.6) is 5.75 Å². The van der Waals surface area contributed by atoms with Gasteiger partial charge in [-0.1, -0.05) is 36.4 Å². The molecule has 0 spiro atoms. The molecule has 0 saturated carbocycles. The van der Waals surface area contributed by atoms with Gasteiger partial charge in [0.05, 0.1) is 25.2 Å². The van der Waals surface area contributed by atoms with Crippen molar-refractivity contribution in [3.63, 3.8) is 0 Å². The van der Waals surface area contributed by atoms with E-state index in [1.54, 1.807) is 14.2 Å². The van der Waals surface area contributed by atoms with Gasteiger partial charge in [-0.3, -0.25) is 9.78 Å². The third-order valence-corrected chi connectivity index (χ3v) is 6.00. The van der Waals surface area contributed by atoms with Crippen molar-refractivity contribution in [2.75, 3.05) is 20.8 Å². The maximum atomic E-state index is 13.2. The van der Waals surface area contributed by atoms with Crippen LogP contribution in [0.4, 0.5) is 5.82 Å². The Balaban J connectivity index is 1.90. The summed E-state index contributed by atoms with van der Waals surface area (Å²) < 4.78 is 12.2. The highest BCUT2D eigenvalue weighted by Gasteiger charge is 2.45. The molecule has 3 N–H and O–H groups in total. The fraction of sp³-hybridized carbons (Fsp3) is 0.208. The number of hydrogen-bond acceptors (Lipinski definition) is 5. The van der Waals surface area contributed by atoms with Crippen molar-refractivity contribution in [2.24, 2.45) is 0 Å². The van der Waals surface area contributed by atoms with Crippen molar-refractivity contribution in [2.45, 2.75) is 12.5 Å². The van der Waals surface area contributed by atoms with Gasteiger partial charge in [-0.2, -0.15) is 4.57 Å². The van der Waals surface area contributed by atoms with Crippen LogP contribution in [0.3, 0.4) is 0 Å². The van der Waals surface area contributed by atoms with Gasteiger partial charge >= 0.3 is 5.69 Å². The summed E-state index contributed by atoms with van der Waals surface area (Å²) in [4.78, 5) is 31.6. The minimum absolute atomic E-state index is 0.0960. The number of nitrogens with zero attached hydrogens (tertiary/aromatic N) is 1. The lowest BCUT2D eigenvalue weighted by Crippen LogP contribution is -2.72. The highest BCUT2D eigenvalue weighted by Crippen LogP contribution is 2.45. The third-order valence-electron chi connectivity index (χ3n) is 6.00. The molecule has 1 aliphatic heterocycles. The molecule has 3 aromatic rings. The summed E-state index contributed by atoms with van der Waals surface area (Å²) in [6, 6.07) is 14.8. The second kappa shape index (κ2) is 7.65. The van der Waals surface area contributed by atoms with Crippen LogP contribution in [0.2, 0.25) is 0 Å². The van der Waals surface area contributed by atoms with E-state index in [0.717, 1.165) is 5.56 Å². The molecule has 1 aromatic heterocycles. The molecule has 8 nitrogen and oxygen atoms in total. The molecule has 162 valence electrons. The molecule has 1 unspecified atom stereocenters. The van der Waals surface area contributed by atoms with E-state index >= 15 is 0 Å². The highest BCUT2D eigenvalue weighted by molar-refractivity contribution is 6.21. The number of ether oxygens (including phenoxy) is 2. The number of allylic oxidation sites excluding steroid dienone is 1. The number of H-pyrrole nitrogens is 1. The second-order valence-electron chi connectivity index (χ2n) is 7.65. The number of fused-ring (bicyclic) bond motifs is 4. The number of hydrogen-bond donors (Lipinski definition) is 3. The maximum Gasteiger partial charge on any atom is 0.415 e. The molecule has 0 fully saturated rings. The van der Waals surface area contributed by atoms with Crippen molar-refractivity contribution in [3.8, 4) is 5.75 Å². The Kier molecular flexibility index (Phi) is 4.79. The third kappa shape index (κ3) is 2.84. The topological polar surface area (TPSA) is 108 Å². The number of nitrogens with one attached hydrogen (secondary N) is 2. The number of aromatic nitrogens is 2. The van der Waals surface area contributed by atoms with Crippen LogP contribution >= 0.6 is 0 Å². The van der Waals surface area contributed by atoms with Gasteiger partial charge in [-0.05, 0) is 12.1 Å². The van der Waals surface area contributed by atoms with Crippen LogP contribution < -0.4 is 21.0 Å². The molecule has 32 heavy (non-hydrogen) atoms. The van der Waals surface area contributed by atoms with E-state index in [-0.39, 0.29) is 12.3 Å². The summed E-state index contributed by atoms with van der Waals surface area (Å²) in [6.45, 7) is 0.541. The van der Waals surface area contributed by atoms with Gasteiger partial charge in [0.25, 0.3) is 11.4 Å². The van der Waals surface area contributed by atoms with Crippen LogP contribution in [0.1, 0.15) is 28.2 Å². The summed E-state index contributed by atoms with van der Waals surface area (Å²) >= 11 is 0. The van der Waals surface area contributed by atoms with E-state index in [1.807, 2.05) is 48.5 Å². The van der Waals surface area contributed by atoms with Gasteiger partial charge in [0.2, 0.25) is 0 Å². The molecule has 0 radical (unpaired) electrons. The van der Waals surface area contributed by atoms with Crippen molar-refractivity contribution in [1.29, 1.82) is 0 Å². The van der Waals surface area contributed by atoms with Crippen molar-refractivity contribution < 1.29 is 19.6 Å². The number of aliphatic hydroxyl groups is 1. The zero-order valence-corrected chi connectivity index (χ0v) is 17.6. The Bertz CT molecular complexity index is 1410. The average Bonchev–Trinajstić information content (AvgIpc) is 3.09. The molecule has 2 aromatic carbocycles. The quantitative estimate of drug-likeness (QED) is 0.553. The Morgan fingerprint density at radius 3 is 2.53 bits per heavy atom. The van der Waals surface area contributed by atoms with E-state index < -0.39 is 17.2 Å². The highest BCUT2D eigenvalue weighted by atomic mass is 16.5. The lowest BCUT2D eigenvalue weighted by atomic mass is 9.81. The van der Waals surface area contributed by atoms with Crippen LogP contribution in [0.15, 0.2) is 63.7 Å². The predicted molar refractivity (Wildman–Crippen MR) is 119 cm³/mol. The monoisotopic (exact) mass is 432 g/mol. The number of aliphatic hydroxyl groups excluding tert-OH is 1. The summed E-state index contributed by atoms with van der Waals surface area (Å²) in [5.41, 5.74) is 2.72. The van der Waals surface area contributed by atoms with E-state index in [1.165, 1.54) is 4.57 Å². The maximum absolute atomic E-state index is 13.2. The Labute approximate surface area is 183 Å². The van der Waals surface area contributed by atoms with E-state index in [0.29, 0.717) is 46.1 Å². The van der Waals surface area contributed by atoms with E-state index in [2.05, 4.69) is 9.98 Å². The van der Waals surface area contributed by atoms with Gasteiger partial charge in [0.15, 0.2) is 0 Å². The summed E-state index contributed by atoms with van der Waals surface area (Å²) in [5, 5.41) is 11.2. The Hall–Kier alpha value is -3.91. The molecule has 2 aliphatic rings. The first-order valence-electron chi connectivity index (χ1n) is 10.2. The predicted octanol–water partition coefficient (Wildman–Crippen LogP) is 0.821. The molecular formula is C24H22N3O5+. The normalized spacial score (nSPS) is 16.3. The van der Waals surface area contributed by atoms with Gasteiger partial charge < -0.3 is 14.6 Å². The van der Waals surface area contributed by atoms with Crippen molar-refractivity contribution in [3.05, 3.63) is 97.2 Å². The molecule has 1 aliphatic carbocycles. The van der Waals surface area contributed by atoms with Crippen LogP contribution in [-0.4, -0.2) is 41.2 Å². The number of para-hydroxylation sites is 1. The van der Waals surface area contributed by atoms with Crippen LogP contribution in [0, 0.1) is 0 Å². The van der Waals surface area contributed by atoms with Crippen molar-refractivity contribution in [1.82, 2.24) is 9.55 Å². The molecule has 2 heterocycles. The minimum atomic E-state index is -0.650. The zero-order valence-electron chi connectivity index (χ0n) is 17.6. The molecule has 0 saturated heterocycles. The first-order chi connectivity index (χ1) is 15.6. The molecule has 8 heteroatoms. The smallest absolute Gasteiger partial charge is 0.415 e. The van der Waals surface area contributed by atoms with E-state index in [4.69, 9.17) is 9.47 Å². The largest absolute Gasteiger partial charge is 0.507 e. The summed E-state index contributed by atoms with van der Waals surface area (Å²) in [5.74, 6) is 0.409. The summed E-state index contributed by atoms with van der Waals surface area (Å²) in [6.07, 6.45) is 0. The molecular weight excluding hydrogens is 410 g/mol. The van der Waals surface area contributed by atoms with Gasteiger partial charge in [-0.25, -0.2) is 9.79 Å². The molecule has 0 bridgehead atoms. The first-order valence-corrected chi connectivity index (χ1v) is 10.2. The average molecular weight is 432 g/mol. The van der Waals surface area contributed by atoms with Crippen LogP contribution in [-0.2, 0) is 11.3 Å².